The van der Waals surface area contributed by atoms with Crippen LogP contribution in [0.1, 0.15) is 29.7 Å². The number of hydrogen-bond donors (Lipinski definition) is 1. The van der Waals surface area contributed by atoms with Crippen molar-refractivity contribution in [2.24, 2.45) is 0 Å². The Balaban J connectivity index is 1.52. The number of nitrogens with zero attached hydrogens (tertiary/aromatic N) is 3. The number of aromatic nitrogens is 2. The van der Waals surface area contributed by atoms with E-state index >= 15 is 0 Å². The van der Waals surface area contributed by atoms with E-state index in [0.717, 1.165) is 11.0 Å². The Morgan fingerprint density at radius 1 is 1.19 bits per heavy atom. The van der Waals surface area contributed by atoms with Gasteiger partial charge in [0.15, 0.2) is 0 Å². The normalized spacial score (nSPS) is 18.7. The summed E-state index contributed by atoms with van der Waals surface area (Å²) in [6.07, 6.45) is -4.04. The van der Waals surface area contributed by atoms with Crippen molar-refractivity contribution in [1.29, 1.82) is 0 Å². The summed E-state index contributed by atoms with van der Waals surface area (Å²) in [5.74, 6) is -1.13. The Morgan fingerprint density at radius 2 is 1.94 bits per heavy atom. The van der Waals surface area contributed by atoms with Crippen molar-refractivity contribution in [3.63, 3.8) is 0 Å². The van der Waals surface area contributed by atoms with Gasteiger partial charge in [0.1, 0.15) is 11.9 Å². The molecule has 32 heavy (non-hydrogen) atoms. The van der Waals surface area contributed by atoms with Crippen LogP contribution in [0, 0.1) is 5.82 Å². The molecule has 1 aliphatic rings. The maximum absolute atomic E-state index is 13.8. The number of ether oxygens (including phenoxy) is 1. The Bertz CT molecular complexity index is 1200. The second-order valence-electron chi connectivity index (χ2n) is 7.19. The van der Waals surface area contributed by atoms with Gasteiger partial charge in [0.25, 0.3) is 0 Å². The molecule has 2 atom stereocenters. The first-order valence-corrected chi connectivity index (χ1v) is 9.49. The predicted octanol–water partition coefficient (Wildman–Crippen LogP) is 4.58. The average molecular weight is 448 g/mol. The van der Waals surface area contributed by atoms with Crippen molar-refractivity contribution in [3.8, 4) is 0 Å². The minimum Gasteiger partial charge on any atom is -0.439 e. The molecule has 0 aliphatic carbocycles. The first kappa shape index (κ1) is 21.5. The van der Waals surface area contributed by atoms with Gasteiger partial charge in [-0.3, -0.25) is 9.97 Å². The number of urea groups is 1. The summed E-state index contributed by atoms with van der Waals surface area (Å²) < 4.78 is 58.0. The van der Waals surface area contributed by atoms with E-state index in [0.29, 0.717) is 28.7 Å². The van der Waals surface area contributed by atoms with Crippen molar-refractivity contribution in [1.82, 2.24) is 20.2 Å². The third-order valence-electron chi connectivity index (χ3n) is 5.08. The predicted molar refractivity (Wildman–Crippen MR) is 104 cm³/mol. The molecule has 7 nitrogen and oxygen atoms in total. The van der Waals surface area contributed by atoms with Gasteiger partial charge in [0.2, 0.25) is 0 Å². The molecule has 1 saturated heterocycles. The van der Waals surface area contributed by atoms with Gasteiger partial charge in [-0.1, -0.05) is 12.1 Å². The van der Waals surface area contributed by atoms with Crippen LogP contribution in [-0.2, 0) is 17.5 Å². The average Bonchev–Trinajstić information content (AvgIpc) is 3.05. The van der Waals surface area contributed by atoms with E-state index in [9.17, 15) is 27.2 Å². The number of cyclic esters (lactones) is 1. The summed E-state index contributed by atoms with van der Waals surface area (Å²) >= 11 is 0. The highest BCUT2D eigenvalue weighted by atomic mass is 19.4. The van der Waals surface area contributed by atoms with E-state index in [1.807, 2.05) is 0 Å². The molecule has 11 heteroatoms. The van der Waals surface area contributed by atoms with E-state index in [1.54, 1.807) is 18.2 Å². The summed E-state index contributed by atoms with van der Waals surface area (Å²) in [7, 11) is 0. The molecule has 4 rings (SSSR count). The Kier molecular flexibility index (Phi) is 5.41. The fraction of sp³-hybridized carbons (Fsp3) is 0.238. The van der Waals surface area contributed by atoms with Crippen LogP contribution in [0.5, 0.6) is 0 Å². The van der Waals surface area contributed by atoms with E-state index in [2.05, 4.69) is 15.3 Å². The van der Waals surface area contributed by atoms with Crippen LogP contribution >= 0.6 is 0 Å². The van der Waals surface area contributed by atoms with Crippen molar-refractivity contribution in [3.05, 3.63) is 71.3 Å². The molecule has 1 N–H and O–H groups in total. The number of amides is 3. The number of rotatable bonds is 3. The standard InChI is InChI=1S/C21H16F4N4O3/c1-11-18(13-7-14(21(23,24)25)9-15(22)8-13)32-20(31)29(11)19(30)28-10-12-3-2-4-16-17(12)27-6-5-26-16/h2-9,11,18H,10H2,1H3,(H,28,30)/t11-,18-/m0/s1. The van der Waals surface area contributed by atoms with Gasteiger partial charge in [0, 0.05) is 18.9 Å². The zero-order chi connectivity index (χ0) is 23.0. The Labute approximate surface area is 179 Å². The number of carbonyl (C=O) groups excluding carboxylic acids is 2. The van der Waals surface area contributed by atoms with E-state index in [-0.39, 0.29) is 12.1 Å². The fourth-order valence-electron chi connectivity index (χ4n) is 3.57. The number of fused-ring (bicyclic) bond motifs is 1. The molecular formula is C21H16F4N4O3. The third kappa shape index (κ3) is 4.05. The van der Waals surface area contributed by atoms with Gasteiger partial charge < -0.3 is 10.1 Å². The number of imide groups is 1. The molecule has 2 aromatic carbocycles. The summed E-state index contributed by atoms with van der Waals surface area (Å²) in [6, 6.07) is 5.35. The third-order valence-corrected chi connectivity index (χ3v) is 5.08. The van der Waals surface area contributed by atoms with Gasteiger partial charge in [-0.2, -0.15) is 13.2 Å². The maximum atomic E-state index is 13.8. The zero-order valence-corrected chi connectivity index (χ0v) is 16.6. The molecule has 1 fully saturated rings. The smallest absolute Gasteiger partial charge is 0.419 e. The summed E-state index contributed by atoms with van der Waals surface area (Å²) in [6.45, 7) is 1.45. The maximum Gasteiger partial charge on any atom is 0.419 e. The van der Waals surface area contributed by atoms with Gasteiger partial charge >= 0.3 is 18.3 Å². The minimum atomic E-state index is -4.78. The van der Waals surface area contributed by atoms with Crippen LogP contribution in [0.2, 0.25) is 0 Å². The van der Waals surface area contributed by atoms with Crippen LogP contribution < -0.4 is 5.32 Å². The van der Waals surface area contributed by atoms with E-state index in [4.69, 9.17) is 4.74 Å². The largest absolute Gasteiger partial charge is 0.439 e. The van der Waals surface area contributed by atoms with E-state index < -0.39 is 41.8 Å². The lowest BCUT2D eigenvalue weighted by Crippen LogP contribution is -2.44. The lowest BCUT2D eigenvalue weighted by atomic mass is 10.0. The van der Waals surface area contributed by atoms with E-state index in [1.165, 1.54) is 19.3 Å². The first-order chi connectivity index (χ1) is 15.1. The molecule has 0 spiro atoms. The molecule has 0 saturated carbocycles. The molecule has 0 radical (unpaired) electrons. The molecule has 2 heterocycles. The number of nitrogens with one attached hydrogen (secondary N) is 1. The van der Waals surface area contributed by atoms with Gasteiger partial charge in [-0.05, 0) is 42.3 Å². The minimum absolute atomic E-state index is 0.0220. The zero-order valence-electron chi connectivity index (χ0n) is 16.6. The molecule has 3 amide bonds. The lowest BCUT2D eigenvalue weighted by Gasteiger charge is -2.20. The highest BCUT2D eigenvalue weighted by Crippen LogP contribution is 2.37. The first-order valence-electron chi connectivity index (χ1n) is 9.49. The van der Waals surface area contributed by atoms with Crippen molar-refractivity contribution in [2.45, 2.75) is 31.8 Å². The quantitative estimate of drug-likeness (QED) is 0.593. The Hall–Kier alpha value is -3.76. The topological polar surface area (TPSA) is 84.4 Å². The Morgan fingerprint density at radius 3 is 2.69 bits per heavy atom. The van der Waals surface area contributed by atoms with Gasteiger partial charge in [0.05, 0.1) is 22.6 Å². The molecule has 3 aromatic rings. The molecule has 0 bridgehead atoms. The number of hydrogen-bond acceptors (Lipinski definition) is 5. The van der Waals surface area contributed by atoms with Gasteiger partial charge in [-0.25, -0.2) is 18.9 Å². The number of para-hydroxylation sites is 1. The van der Waals surface area contributed by atoms with Crippen LogP contribution in [-0.4, -0.2) is 33.0 Å². The second-order valence-corrected chi connectivity index (χ2v) is 7.19. The van der Waals surface area contributed by atoms with Crippen molar-refractivity contribution < 1.29 is 31.9 Å². The molecule has 166 valence electrons. The van der Waals surface area contributed by atoms with Crippen molar-refractivity contribution in [2.75, 3.05) is 0 Å². The highest BCUT2D eigenvalue weighted by Gasteiger charge is 2.44. The molecular weight excluding hydrogens is 432 g/mol. The lowest BCUT2D eigenvalue weighted by molar-refractivity contribution is -0.137. The highest BCUT2D eigenvalue weighted by molar-refractivity contribution is 5.93. The molecule has 1 aromatic heterocycles. The van der Waals surface area contributed by atoms with Crippen LogP contribution in [0.3, 0.4) is 0 Å². The number of benzene rings is 2. The van der Waals surface area contributed by atoms with Crippen LogP contribution in [0.25, 0.3) is 11.0 Å². The summed E-state index contributed by atoms with van der Waals surface area (Å²) in [4.78, 5) is 34.1. The number of carbonyl (C=O) groups is 2. The van der Waals surface area contributed by atoms with Crippen LogP contribution in [0.4, 0.5) is 27.2 Å². The molecule has 1 aliphatic heterocycles. The summed E-state index contributed by atoms with van der Waals surface area (Å²) in [5.41, 5.74) is 0.443. The molecule has 0 unspecified atom stereocenters. The van der Waals surface area contributed by atoms with Crippen molar-refractivity contribution >= 4 is 23.2 Å². The number of alkyl halides is 3. The summed E-state index contributed by atoms with van der Waals surface area (Å²) in [5, 5.41) is 2.58. The number of halogens is 4. The van der Waals surface area contributed by atoms with Gasteiger partial charge in [-0.15, -0.1) is 0 Å². The fourth-order valence-corrected chi connectivity index (χ4v) is 3.57. The second kappa shape index (κ2) is 8.06. The SMILES string of the molecule is C[C@H]1[C@@H](c2cc(F)cc(C(F)(F)F)c2)OC(=O)N1C(=O)NCc1cccc2nccnc12. The van der Waals surface area contributed by atoms with Crippen LogP contribution in [0.15, 0.2) is 48.8 Å². The monoisotopic (exact) mass is 448 g/mol.